The van der Waals surface area contributed by atoms with Gasteiger partial charge in [0.1, 0.15) is 0 Å². The minimum Gasteiger partial charge on any atom is -0.493 e. The van der Waals surface area contributed by atoms with Gasteiger partial charge in [-0.2, -0.15) is 0 Å². The molecule has 0 saturated heterocycles. The molecule has 0 spiro atoms. The normalized spacial score (nSPS) is 11.2. The molecule has 0 fully saturated rings. The Morgan fingerprint density at radius 2 is 2.07 bits per heavy atom. The van der Waals surface area contributed by atoms with Gasteiger partial charge in [-0.1, -0.05) is 6.07 Å². The van der Waals surface area contributed by atoms with Crippen molar-refractivity contribution in [2.24, 2.45) is 0 Å². The Hall–Kier alpha value is -3.05. The van der Waals surface area contributed by atoms with E-state index in [-0.39, 0.29) is 0 Å². The van der Waals surface area contributed by atoms with Crippen LogP contribution in [0.2, 0.25) is 0 Å². The number of aromatic nitrogens is 1. The van der Waals surface area contributed by atoms with Gasteiger partial charge in [0.15, 0.2) is 22.9 Å². The second-order valence-corrected chi connectivity index (χ2v) is 6.51. The van der Waals surface area contributed by atoms with Crippen LogP contribution in [0.3, 0.4) is 0 Å². The molecule has 0 atom stereocenters. The molecule has 0 aliphatic carbocycles. The number of pyridine rings is 1. The topological polar surface area (TPSA) is 60.4 Å². The smallest absolute Gasteiger partial charge is 0.176 e. The number of furan rings is 2. The van der Waals surface area contributed by atoms with Crippen LogP contribution in [0.1, 0.15) is 16.8 Å². The summed E-state index contributed by atoms with van der Waals surface area (Å²) in [5.41, 5.74) is 4.01. The van der Waals surface area contributed by atoms with Crippen molar-refractivity contribution in [2.45, 2.75) is 19.9 Å². The van der Waals surface area contributed by atoms with Crippen LogP contribution in [-0.4, -0.2) is 18.6 Å². The van der Waals surface area contributed by atoms with E-state index in [1.165, 1.54) is 0 Å². The number of fused-ring (bicyclic) bond motifs is 1. The van der Waals surface area contributed by atoms with Gasteiger partial charge in [0, 0.05) is 36.8 Å². The number of methoxy groups -OCH3 is 1. The van der Waals surface area contributed by atoms with E-state index < -0.39 is 0 Å². The highest BCUT2D eigenvalue weighted by molar-refractivity contribution is 5.88. The van der Waals surface area contributed by atoms with Gasteiger partial charge in [-0.25, -0.2) is 0 Å². The summed E-state index contributed by atoms with van der Waals surface area (Å²) in [4.78, 5) is 4.34. The largest absolute Gasteiger partial charge is 0.493 e. The van der Waals surface area contributed by atoms with Gasteiger partial charge < -0.3 is 18.9 Å². The third-order valence-corrected chi connectivity index (χ3v) is 4.56. The summed E-state index contributed by atoms with van der Waals surface area (Å²) in [6.45, 7) is 3.61. The standard InChI is InChI=1S/C22H22N2O3/c1-15-7-10-26-21(15)20-13-17-11-16(12-19(25-2)22(17)27-20)14-23-9-6-18-5-3-4-8-24-18/h3-5,7-8,10-13,23H,6,9,14H2,1-2H3. The van der Waals surface area contributed by atoms with Crippen LogP contribution in [0.5, 0.6) is 5.75 Å². The van der Waals surface area contributed by atoms with E-state index in [0.717, 1.165) is 58.8 Å². The van der Waals surface area contributed by atoms with Crippen LogP contribution in [0.25, 0.3) is 22.5 Å². The third-order valence-electron chi connectivity index (χ3n) is 4.56. The maximum Gasteiger partial charge on any atom is 0.176 e. The zero-order chi connectivity index (χ0) is 18.6. The Kier molecular flexibility index (Phi) is 4.94. The summed E-state index contributed by atoms with van der Waals surface area (Å²) in [7, 11) is 1.66. The fraction of sp³-hybridized carbons (Fsp3) is 0.227. The van der Waals surface area contributed by atoms with Crippen molar-refractivity contribution < 1.29 is 13.6 Å². The Labute approximate surface area is 158 Å². The molecule has 27 heavy (non-hydrogen) atoms. The summed E-state index contributed by atoms with van der Waals surface area (Å²) in [5.74, 6) is 2.19. The molecule has 1 aromatic carbocycles. The van der Waals surface area contributed by atoms with E-state index in [1.54, 1.807) is 13.4 Å². The molecule has 3 heterocycles. The van der Waals surface area contributed by atoms with Crippen LogP contribution in [0.15, 0.2) is 63.8 Å². The number of nitrogens with zero attached hydrogens (tertiary/aromatic N) is 1. The quantitative estimate of drug-likeness (QED) is 0.481. The van der Waals surface area contributed by atoms with E-state index in [4.69, 9.17) is 13.6 Å². The van der Waals surface area contributed by atoms with Crippen LogP contribution >= 0.6 is 0 Å². The van der Waals surface area contributed by atoms with Crippen molar-refractivity contribution in [3.8, 4) is 17.3 Å². The summed E-state index contributed by atoms with van der Waals surface area (Å²) in [6.07, 6.45) is 4.39. The van der Waals surface area contributed by atoms with Crippen molar-refractivity contribution >= 4 is 11.0 Å². The molecule has 0 aliphatic rings. The fourth-order valence-electron chi connectivity index (χ4n) is 3.17. The first kappa shape index (κ1) is 17.4. The van der Waals surface area contributed by atoms with E-state index >= 15 is 0 Å². The second-order valence-electron chi connectivity index (χ2n) is 6.51. The molecule has 0 amide bonds. The molecule has 0 unspecified atom stereocenters. The molecule has 4 aromatic rings. The molecule has 138 valence electrons. The molecule has 3 aromatic heterocycles. The first-order chi connectivity index (χ1) is 13.2. The van der Waals surface area contributed by atoms with Crippen LogP contribution in [0.4, 0.5) is 0 Å². The number of hydrogen-bond acceptors (Lipinski definition) is 5. The summed E-state index contributed by atoms with van der Waals surface area (Å²) < 4.78 is 17.1. The highest BCUT2D eigenvalue weighted by Gasteiger charge is 2.15. The highest BCUT2D eigenvalue weighted by Crippen LogP contribution is 2.35. The van der Waals surface area contributed by atoms with Crippen molar-refractivity contribution in [3.63, 3.8) is 0 Å². The Balaban J connectivity index is 1.51. The van der Waals surface area contributed by atoms with Crippen molar-refractivity contribution in [2.75, 3.05) is 13.7 Å². The number of rotatable bonds is 7. The lowest BCUT2D eigenvalue weighted by Gasteiger charge is -2.07. The van der Waals surface area contributed by atoms with Crippen LogP contribution in [0, 0.1) is 6.92 Å². The Morgan fingerprint density at radius 1 is 1.15 bits per heavy atom. The molecule has 0 aliphatic heterocycles. The van der Waals surface area contributed by atoms with Crippen molar-refractivity contribution in [1.29, 1.82) is 0 Å². The monoisotopic (exact) mass is 362 g/mol. The molecular formula is C22H22N2O3. The summed E-state index contributed by atoms with van der Waals surface area (Å²) in [6, 6.07) is 14.0. The van der Waals surface area contributed by atoms with Gasteiger partial charge in [0.25, 0.3) is 0 Å². The lowest BCUT2D eigenvalue weighted by molar-refractivity contribution is 0.409. The molecular weight excluding hydrogens is 340 g/mol. The Morgan fingerprint density at radius 3 is 2.81 bits per heavy atom. The summed E-state index contributed by atoms with van der Waals surface area (Å²) >= 11 is 0. The van der Waals surface area contributed by atoms with Gasteiger partial charge >= 0.3 is 0 Å². The SMILES string of the molecule is COc1cc(CNCCc2ccccn2)cc2cc(-c3occc3C)oc12. The minimum absolute atomic E-state index is 0.714. The maximum absolute atomic E-state index is 6.01. The number of hydrogen-bond donors (Lipinski definition) is 1. The van der Waals surface area contributed by atoms with Crippen molar-refractivity contribution in [1.82, 2.24) is 10.3 Å². The average molecular weight is 362 g/mol. The molecule has 4 rings (SSSR count). The average Bonchev–Trinajstić information content (AvgIpc) is 3.31. The van der Waals surface area contributed by atoms with Gasteiger partial charge in [-0.3, -0.25) is 4.98 Å². The van der Waals surface area contributed by atoms with Crippen LogP contribution < -0.4 is 10.1 Å². The number of ether oxygens (including phenoxy) is 1. The molecule has 5 nitrogen and oxygen atoms in total. The lowest BCUT2D eigenvalue weighted by atomic mass is 10.1. The fourth-order valence-corrected chi connectivity index (χ4v) is 3.17. The molecule has 1 N–H and O–H groups in total. The Bertz CT molecular complexity index is 1030. The van der Waals surface area contributed by atoms with E-state index in [2.05, 4.69) is 16.4 Å². The molecule has 0 saturated carbocycles. The first-order valence-electron chi connectivity index (χ1n) is 9.00. The van der Waals surface area contributed by atoms with Crippen LogP contribution in [-0.2, 0) is 13.0 Å². The van der Waals surface area contributed by atoms with Gasteiger partial charge in [-0.15, -0.1) is 0 Å². The van der Waals surface area contributed by atoms with E-state index in [0.29, 0.717) is 5.76 Å². The highest BCUT2D eigenvalue weighted by atomic mass is 16.5. The second kappa shape index (κ2) is 7.68. The molecule has 0 bridgehead atoms. The maximum atomic E-state index is 6.01. The summed E-state index contributed by atoms with van der Waals surface area (Å²) in [5, 5.41) is 4.47. The number of benzene rings is 1. The zero-order valence-electron chi connectivity index (χ0n) is 15.5. The van der Waals surface area contributed by atoms with Gasteiger partial charge in [-0.05, 0) is 54.4 Å². The number of nitrogens with one attached hydrogen (secondary N) is 1. The molecule has 5 heteroatoms. The first-order valence-corrected chi connectivity index (χ1v) is 9.00. The van der Waals surface area contributed by atoms with Gasteiger partial charge in [0.2, 0.25) is 0 Å². The van der Waals surface area contributed by atoms with E-state index in [9.17, 15) is 0 Å². The van der Waals surface area contributed by atoms with Gasteiger partial charge in [0.05, 0.1) is 13.4 Å². The molecule has 0 radical (unpaired) electrons. The predicted molar refractivity (Wildman–Crippen MR) is 105 cm³/mol. The predicted octanol–water partition coefficient (Wildman–Crippen LogP) is 4.74. The zero-order valence-corrected chi connectivity index (χ0v) is 15.5. The van der Waals surface area contributed by atoms with E-state index in [1.807, 2.05) is 49.5 Å². The lowest BCUT2D eigenvalue weighted by Crippen LogP contribution is -2.17. The minimum atomic E-state index is 0.714. The third kappa shape index (κ3) is 3.73. The number of aryl methyl sites for hydroxylation is 1. The van der Waals surface area contributed by atoms with Crippen molar-refractivity contribution in [3.05, 3.63) is 71.7 Å².